The lowest BCUT2D eigenvalue weighted by molar-refractivity contribution is -0.134. The topological polar surface area (TPSA) is 62.4 Å². The van der Waals surface area contributed by atoms with E-state index in [0.717, 1.165) is 25.9 Å². The number of aromatic amines is 1. The van der Waals surface area contributed by atoms with E-state index in [4.69, 9.17) is 4.74 Å². The number of H-pyrrole nitrogens is 1. The lowest BCUT2D eigenvalue weighted by Crippen LogP contribution is -2.40. The van der Waals surface area contributed by atoms with Gasteiger partial charge in [0, 0.05) is 42.2 Å². The zero-order valence-electron chi connectivity index (χ0n) is 16.7. The van der Waals surface area contributed by atoms with Crippen LogP contribution < -0.4 is 4.74 Å². The molecule has 1 aliphatic rings. The molecule has 5 heteroatoms. The van der Waals surface area contributed by atoms with Gasteiger partial charge < -0.3 is 14.6 Å². The molecule has 1 saturated heterocycles. The highest BCUT2D eigenvalue weighted by molar-refractivity contribution is 5.95. The molecule has 1 aromatic heterocycles. The third kappa shape index (κ3) is 4.19. The zero-order valence-corrected chi connectivity index (χ0v) is 16.7. The number of ketones is 1. The van der Waals surface area contributed by atoms with E-state index in [2.05, 4.69) is 29.4 Å². The van der Waals surface area contributed by atoms with E-state index in [0.29, 0.717) is 23.7 Å². The monoisotopic (exact) mass is 390 g/mol. The first kappa shape index (κ1) is 19.2. The molecule has 3 aromatic rings. The number of nitrogens with zero attached hydrogens (tertiary/aromatic N) is 1. The summed E-state index contributed by atoms with van der Waals surface area (Å²) in [5.74, 6) is 1.20. The Kier molecular flexibility index (Phi) is 5.65. The van der Waals surface area contributed by atoms with Crippen LogP contribution in [-0.4, -0.2) is 41.3 Å². The van der Waals surface area contributed by atoms with Crippen molar-refractivity contribution in [2.45, 2.75) is 32.1 Å². The van der Waals surface area contributed by atoms with Crippen molar-refractivity contribution in [3.05, 3.63) is 65.9 Å². The summed E-state index contributed by atoms with van der Waals surface area (Å²) < 4.78 is 5.64. The van der Waals surface area contributed by atoms with E-state index < -0.39 is 0 Å². The van der Waals surface area contributed by atoms with Crippen LogP contribution in [0.25, 0.3) is 10.9 Å². The Labute approximate surface area is 170 Å². The number of Topliss-reactive ketones (excluding diaryl/α,β-unsaturated/α-hetero) is 1. The molecule has 2 heterocycles. The average molecular weight is 390 g/mol. The van der Waals surface area contributed by atoms with Crippen molar-refractivity contribution >= 4 is 22.6 Å². The molecule has 1 aliphatic heterocycles. The molecule has 150 valence electrons. The normalized spacial score (nSPS) is 14.9. The van der Waals surface area contributed by atoms with Gasteiger partial charge in [0.25, 0.3) is 5.91 Å². The highest BCUT2D eigenvalue weighted by Crippen LogP contribution is 2.33. The number of amides is 1. The Morgan fingerprint density at radius 3 is 2.52 bits per heavy atom. The Balaban J connectivity index is 1.29. The third-order valence-electron chi connectivity index (χ3n) is 5.77. The predicted octanol–water partition coefficient (Wildman–Crippen LogP) is 4.55. The Morgan fingerprint density at radius 2 is 1.79 bits per heavy atom. The lowest BCUT2D eigenvalue weighted by atomic mass is 9.89. The van der Waals surface area contributed by atoms with Gasteiger partial charge in [-0.2, -0.15) is 0 Å². The van der Waals surface area contributed by atoms with E-state index in [-0.39, 0.29) is 18.3 Å². The minimum absolute atomic E-state index is 0.0103. The summed E-state index contributed by atoms with van der Waals surface area (Å²) in [5.41, 5.74) is 3.19. The fourth-order valence-corrected chi connectivity index (χ4v) is 4.05. The van der Waals surface area contributed by atoms with Gasteiger partial charge in [-0.3, -0.25) is 9.59 Å². The van der Waals surface area contributed by atoms with Crippen molar-refractivity contribution in [1.29, 1.82) is 0 Å². The third-order valence-corrected chi connectivity index (χ3v) is 5.77. The van der Waals surface area contributed by atoms with E-state index >= 15 is 0 Å². The van der Waals surface area contributed by atoms with Crippen LogP contribution in [0.4, 0.5) is 0 Å². The van der Waals surface area contributed by atoms with Crippen LogP contribution in [0.15, 0.2) is 54.7 Å². The summed E-state index contributed by atoms with van der Waals surface area (Å²) in [6, 6.07) is 15.4. The number of rotatable bonds is 6. The van der Waals surface area contributed by atoms with Crippen molar-refractivity contribution in [2.24, 2.45) is 0 Å². The van der Waals surface area contributed by atoms with E-state index in [9.17, 15) is 9.59 Å². The van der Waals surface area contributed by atoms with Crippen LogP contribution >= 0.6 is 0 Å². The van der Waals surface area contributed by atoms with Crippen LogP contribution in [0.1, 0.15) is 48.0 Å². The van der Waals surface area contributed by atoms with Crippen LogP contribution in [0.3, 0.4) is 0 Å². The maximum Gasteiger partial charge on any atom is 0.260 e. The number of hydrogen-bond acceptors (Lipinski definition) is 3. The van der Waals surface area contributed by atoms with Crippen LogP contribution in [0.5, 0.6) is 5.75 Å². The minimum atomic E-state index is 0.0103. The van der Waals surface area contributed by atoms with E-state index in [1.54, 1.807) is 24.3 Å². The number of para-hydroxylation sites is 1. The second-order valence-corrected chi connectivity index (χ2v) is 7.53. The molecular formula is C24H26N2O3. The van der Waals surface area contributed by atoms with Gasteiger partial charge in [-0.25, -0.2) is 0 Å². The number of nitrogens with one attached hydrogen (secondary N) is 1. The first-order valence-electron chi connectivity index (χ1n) is 10.3. The van der Waals surface area contributed by atoms with E-state index in [1.165, 1.54) is 16.5 Å². The number of likely N-dealkylation sites (tertiary alicyclic amines) is 1. The molecule has 0 aliphatic carbocycles. The lowest BCUT2D eigenvalue weighted by Gasteiger charge is -2.32. The van der Waals surface area contributed by atoms with Gasteiger partial charge in [0.05, 0.1) is 0 Å². The fraction of sp³-hybridized carbons (Fsp3) is 0.333. The summed E-state index contributed by atoms with van der Waals surface area (Å²) in [6.45, 7) is 3.36. The molecule has 1 N–H and O–H groups in total. The summed E-state index contributed by atoms with van der Waals surface area (Å²) >= 11 is 0. The van der Waals surface area contributed by atoms with Gasteiger partial charge in [-0.1, -0.05) is 25.1 Å². The maximum absolute atomic E-state index is 12.5. The molecule has 29 heavy (non-hydrogen) atoms. The Hall–Kier alpha value is -3.08. The number of ether oxygens (including phenoxy) is 1. The van der Waals surface area contributed by atoms with Crippen LogP contribution in [-0.2, 0) is 4.79 Å². The number of piperidine rings is 1. The average Bonchev–Trinajstić information content (AvgIpc) is 3.21. The van der Waals surface area contributed by atoms with Crippen molar-refractivity contribution in [3.8, 4) is 5.75 Å². The van der Waals surface area contributed by atoms with Gasteiger partial charge in [-0.15, -0.1) is 0 Å². The first-order valence-corrected chi connectivity index (χ1v) is 10.3. The summed E-state index contributed by atoms with van der Waals surface area (Å²) in [4.78, 5) is 29.5. The zero-order chi connectivity index (χ0) is 20.2. The predicted molar refractivity (Wildman–Crippen MR) is 113 cm³/mol. The Bertz CT molecular complexity index is 998. The van der Waals surface area contributed by atoms with Gasteiger partial charge in [0.15, 0.2) is 12.4 Å². The molecule has 0 bridgehead atoms. The number of hydrogen-bond donors (Lipinski definition) is 1. The fourth-order valence-electron chi connectivity index (χ4n) is 4.05. The highest BCUT2D eigenvalue weighted by Gasteiger charge is 2.25. The number of aromatic nitrogens is 1. The number of benzene rings is 2. The number of carbonyl (C=O) groups excluding carboxylic acids is 2. The smallest absolute Gasteiger partial charge is 0.260 e. The molecular weight excluding hydrogens is 364 g/mol. The molecule has 1 fully saturated rings. The summed E-state index contributed by atoms with van der Waals surface area (Å²) in [7, 11) is 0. The first-order chi connectivity index (χ1) is 14.2. The summed E-state index contributed by atoms with van der Waals surface area (Å²) in [6.07, 6.45) is 4.51. The van der Waals surface area contributed by atoms with Gasteiger partial charge in [-0.05, 0) is 54.7 Å². The molecule has 0 radical (unpaired) electrons. The SMILES string of the molecule is CCC(=O)c1ccc(OCC(=O)N2CCC(c3c[nH]c4ccccc34)CC2)cc1. The molecule has 0 atom stereocenters. The molecule has 1 amide bonds. The quantitative estimate of drug-likeness (QED) is 0.628. The van der Waals surface area contributed by atoms with E-state index in [1.807, 2.05) is 17.9 Å². The molecule has 4 rings (SSSR count). The second kappa shape index (κ2) is 8.52. The van der Waals surface area contributed by atoms with Crippen LogP contribution in [0.2, 0.25) is 0 Å². The Morgan fingerprint density at radius 1 is 1.07 bits per heavy atom. The van der Waals surface area contributed by atoms with Gasteiger partial charge in [0.2, 0.25) is 0 Å². The number of fused-ring (bicyclic) bond motifs is 1. The number of carbonyl (C=O) groups is 2. The largest absolute Gasteiger partial charge is 0.484 e. The van der Waals surface area contributed by atoms with Crippen molar-refractivity contribution < 1.29 is 14.3 Å². The van der Waals surface area contributed by atoms with Crippen LogP contribution in [0, 0.1) is 0 Å². The molecule has 0 spiro atoms. The summed E-state index contributed by atoms with van der Waals surface area (Å²) in [5, 5.41) is 1.28. The second-order valence-electron chi connectivity index (χ2n) is 7.53. The van der Waals surface area contributed by atoms with Crippen molar-refractivity contribution in [2.75, 3.05) is 19.7 Å². The van der Waals surface area contributed by atoms with Gasteiger partial charge in [0.1, 0.15) is 5.75 Å². The standard InChI is InChI=1S/C24H26N2O3/c1-2-23(27)18-7-9-19(10-8-18)29-16-24(28)26-13-11-17(12-14-26)21-15-25-22-6-4-3-5-20(21)22/h3-10,15,17,25H,2,11-14,16H2,1H3. The minimum Gasteiger partial charge on any atom is -0.484 e. The van der Waals surface area contributed by atoms with Gasteiger partial charge >= 0.3 is 0 Å². The molecule has 2 aromatic carbocycles. The molecule has 5 nitrogen and oxygen atoms in total. The molecule has 0 saturated carbocycles. The maximum atomic E-state index is 12.5. The van der Waals surface area contributed by atoms with Crippen molar-refractivity contribution in [1.82, 2.24) is 9.88 Å². The van der Waals surface area contributed by atoms with Crippen molar-refractivity contribution in [3.63, 3.8) is 0 Å². The highest BCUT2D eigenvalue weighted by atomic mass is 16.5. The molecule has 0 unspecified atom stereocenters.